The lowest BCUT2D eigenvalue weighted by Gasteiger charge is -2.40. The second kappa shape index (κ2) is 9.57. The number of carbonyl (C=O) groups is 2. The fraction of sp³-hybridized carbons (Fsp3) is 0.667. The molecule has 2 aliphatic carbocycles. The number of fused-ring (bicyclic) bond motifs is 2. The van der Waals surface area contributed by atoms with Crippen LogP contribution in [-0.4, -0.2) is 65.3 Å². The Hall–Kier alpha value is -1.99. The van der Waals surface area contributed by atoms with Gasteiger partial charge in [-0.25, -0.2) is 0 Å². The first-order valence-corrected chi connectivity index (χ1v) is 14.1. The molecule has 2 saturated heterocycles. The normalized spacial score (nSPS) is 30.8. The van der Waals surface area contributed by atoms with E-state index in [4.69, 9.17) is 4.37 Å². The fourth-order valence-corrected chi connectivity index (χ4v) is 7.78. The van der Waals surface area contributed by atoms with Crippen molar-refractivity contribution in [2.45, 2.75) is 51.4 Å². The standard InChI is InChI=1S/C27H36N4O2S/c32-26-21-9-3-4-10-22(21)27(33)31(26)18-20-8-2-1-7-19(20)17-29-13-15-30(16-14-29)25-23-11-5-6-12-24(23)34-28-25/h5-6,11-12,19-22H,1-4,7-10,13-18H2. The average molecular weight is 481 g/mol. The molecule has 2 aliphatic heterocycles. The molecular weight excluding hydrogens is 444 g/mol. The van der Waals surface area contributed by atoms with Crippen molar-refractivity contribution in [2.75, 3.05) is 44.2 Å². The number of hydrogen-bond acceptors (Lipinski definition) is 6. The van der Waals surface area contributed by atoms with Gasteiger partial charge in [-0.1, -0.05) is 37.8 Å². The Kier molecular flexibility index (Phi) is 6.33. The summed E-state index contributed by atoms with van der Waals surface area (Å²) in [6, 6.07) is 8.52. The van der Waals surface area contributed by atoms with E-state index in [0.717, 1.165) is 70.6 Å². The molecule has 4 unspecified atom stereocenters. The van der Waals surface area contributed by atoms with Crippen LogP contribution in [0.5, 0.6) is 0 Å². The number of hydrogen-bond donors (Lipinski definition) is 0. The largest absolute Gasteiger partial charge is 0.353 e. The first-order valence-electron chi connectivity index (χ1n) is 13.4. The SMILES string of the molecule is O=C1C2CCCCC2C(=O)N1CC1CCCCC1CN1CCN(c2nsc3ccccc23)CC1. The van der Waals surface area contributed by atoms with Gasteiger partial charge in [0.25, 0.3) is 0 Å². The molecule has 0 bridgehead atoms. The number of carbonyl (C=O) groups excluding carboxylic acids is 2. The van der Waals surface area contributed by atoms with Gasteiger partial charge in [-0.15, -0.1) is 0 Å². The van der Waals surface area contributed by atoms with Crippen LogP contribution in [-0.2, 0) is 9.59 Å². The van der Waals surface area contributed by atoms with Crippen LogP contribution >= 0.6 is 11.5 Å². The molecule has 2 saturated carbocycles. The number of imide groups is 1. The smallest absolute Gasteiger partial charge is 0.233 e. The molecule has 4 fully saturated rings. The number of aromatic nitrogens is 1. The minimum absolute atomic E-state index is 0.0156. The van der Waals surface area contributed by atoms with E-state index in [-0.39, 0.29) is 23.7 Å². The maximum Gasteiger partial charge on any atom is 0.233 e. The summed E-state index contributed by atoms with van der Waals surface area (Å²) in [5, 5.41) is 1.27. The quantitative estimate of drug-likeness (QED) is 0.594. The molecule has 1 aromatic carbocycles. The van der Waals surface area contributed by atoms with Crippen molar-refractivity contribution in [3.63, 3.8) is 0 Å². The van der Waals surface area contributed by atoms with E-state index in [9.17, 15) is 9.59 Å². The highest BCUT2D eigenvalue weighted by molar-refractivity contribution is 7.13. The van der Waals surface area contributed by atoms with Crippen LogP contribution in [0.3, 0.4) is 0 Å². The number of benzene rings is 1. The third-order valence-electron chi connectivity index (χ3n) is 8.94. The molecule has 4 atom stereocenters. The molecule has 6 nitrogen and oxygen atoms in total. The zero-order chi connectivity index (χ0) is 23.1. The average Bonchev–Trinajstić information content (AvgIpc) is 3.41. The second-order valence-corrected chi connectivity index (χ2v) is 11.7. The van der Waals surface area contributed by atoms with Gasteiger partial charge in [-0.2, -0.15) is 4.37 Å². The summed E-state index contributed by atoms with van der Waals surface area (Å²) >= 11 is 1.59. The van der Waals surface area contributed by atoms with Crippen molar-refractivity contribution in [3.8, 4) is 0 Å². The van der Waals surface area contributed by atoms with E-state index in [0.29, 0.717) is 18.4 Å². The molecule has 34 heavy (non-hydrogen) atoms. The van der Waals surface area contributed by atoms with E-state index in [1.54, 1.807) is 16.4 Å². The Balaban J connectivity index is 1.07. The monoisotopic (exact) mass is 480 g/mol. The topological polar surface area (TPSA) is 56.8 Å². The lowest BCUT2D eigenvalue weighted by atomic mass is 9.78. The maximum absolute atomic E-state index is 13.0. The van der Waals surface area contributed by atoms with Gasteiger partial charge in [0.2, 0.25) is 11.8 Å². The van der Waals surface area contributed by atoms with E-state index in [2.05, 4.69) is 34.1 Å². The number of anilines is 1. The third kappa shape index (κ3) is 4.15. The molecule has 2 aromatic rings. The Morgan fingerprint density at radius 3 is 2.12 bits per heavy atom. The predicted octanol–water partition coefficient (Wildman–Crippen LogP) is 4.40. The van der Waals surface area contributed by atoms with Crippen LogP contribution in [0.1, 0.15) is 51.4 Å². The lowest BCUT2D eigenvalue weighted by Crippen LogP contribution is -2.49. The summed E-state index contributed by atoms with van der Waals surface area (Å²) < 4.78 is 6.01. The zero-order valence-electron chi connectivity index (χ0n) is 20.0. The van der Waals surface area contributed by atoms with Crippen LogP contribution in [0.2, 0.25) is 0 Å². The van der Waals surface area contributed by atoms with Gasteiger partial charge in [-0.3, -0.25) is 19.4 Å². The summed E-state index contributed by atoms with van der Waals surface area (Å²) in [4.78, 5) is 32.8. The van der Waals surface area contributed by atoms with Crippen molar-refractivity contribution in [3.05, 3.63) is 24.3 Å². The molecule has 6 rings (SSSR count). The number of amides is 2. The fourth-order valence-electron chi connectivity index (χ4n) is 6.99. The molecule has 0 radical (unpaired) electrons. The predicted molar refractivity (Wildman–Crippen MR) is 136 cm³/mol. The van der Waals surface area contributed by atoms with Gasteiger partial charge in [0.1, 0.15) is 5.82 Å². The van der Waals surface area contributed by atoms with Gasteiger partial charge < -0.3 is 4.90 Å². The van der Waals surface area contributed by atoms with Crippen LogP contribution in [0.25, 0.3) is 10.1 Å². The van der Waals surface area contributed by atoms with Crippen molar-refractivity contribution in [1.82, 2.24) is 14.2 Å². The highest BCUT2D eigenvalue weighted by atomic mass is 32.1. The van der Waals surface area contributed by atoms with E-state index < -0.39 is 0 Å². The molecule has 0 spiro atoms. The summed E-state index contributed by atoms with van der Waals surface area (Å²) in [6.07, 6.45) is 8.92. The summed E-state index contributed by atoms with van der Waals surface area (Å²) in [5.41, 5.74) is 0. The first-order chi connectivity index (χ1) is 16.7. The van der Waals surface area contributed by atoms with E-state index in [1.807, 2.05) is 0 Å². The second-order valence-electron chi connectivity index (χ2n) is 10.9. The number of piperazine rings is 1. The molecule has 182 valence electrons. The van der Waals surface area contributed by atoms with Crippen LogP contribution < -0.4 is 4.90 Å². The lowest BCUT2D eigenvalue weighted by molar-refractivity contribution is -0.141. The van der Waals surface area contributed by atoms with Gasteiger partial charge in [-0.05, 0) is 61.2 Å². The maximum atomic E-state index is 13.0. The Labute approximate surface area is 206 Å². The number of likely N-dealkylation sites (tertiary alicyclic amines) is 1. The molecule has 7 heteroatoms. The first kappa shape index (κ1) is 22.5. The van der Waals surface area contributed by atoms with Gasteiger partial charge in [0.15, 0.2) is 0 Å². The summed E-state index contributed by atoms with van der Waals surface area (Å²) in [6.45, 7) is 5.90. The molecule has 0 N–H and O–H groups in total. The molecule has 4 aliphatic rings. The molecule has 1 aromatic heterocycles. The molecular formula is C27H36N4O2S. The van der Waals surface area contributed by atoms with Crippen molar-refractivity contribution < 1.29 is 9.59 Å². The van der Waals surface area contributed by atoms with E-state index in [1.165, 1.54) is 29.3 Å². The minimum Gasteiger partial charge on any atom is -0.353 e. The van der Waals surface area contributed by atoms with Gasteiger partial charge >= 0.3 is 0 Å². The van der Waals surface area contributed by atoms with Gasteiger partial charge in [0.05, 0.1) is 16.5 Å². The van der Waals surface area contributed by atoms with Crippen LogP contribution in [0.4, 0.5) is 5.82 Å². The highest BCUT2D eigenvalue weighted by Gasteiger charge is 2.49. The number of rotatable bonds is 5. The Morgan fingerprint density at radius 1 is 0.794 bits per heavy atom. The summed E-state index contributed by atoms with van der Waals surface area (Å²) in [5.74, 6) is 2.44. The van der Waals surface area contributed by atoms with Crippen molar-refractivity contribution in [1.29, 1.82) is 0 Å². The van der Waals surface area contributed by atoms with Crippen LogP contribution in [0, 0.1) is 23.7 Å². The Morgan fingerprint density at radius 2 is 1.41 bits per heavy atom. The summed E-state index contributed by atoms with van der Waals surface area (Å²) in [7, 11) is 0. The minimum atomic E-state index is -0.0156. The third-order valence-corrected chi connectivity index (χ3v) is 9.76. The van der Waals surface area contributed by atoms with Gasteiger partial charge in [0, 0.05) is 44.7 Å². The molecule has 2 amide bonds. The number of nitrogens with zero attached hydrogens (tertiary/aromatic N) is 4. The Bertz CT molecular complexity index is 1020. The zero-order valence-corrected chi connectivity index (χ0v) is 20.8. The highest BCUT2D eigenvalue weighted by Crippen LogP contribution is 2.40. The van der Waals surface area contributed by atoms with E-state index >= 15 is 0 Å². The van der Waals surface area contributed by atoms with Crippen LogP contribution in [0.15, 0.2) is 24.3 Å². The molecule has 3 heterocycles. The van der Waals surface area contributed by atoms with Crippen molar-refractivity contribution >= 4 is 39.3 Å². The van der Waals surface area contributed by atoms with Crippen molar-refractivity contribution in [2.24, 2.45) is 23.7 Å².